The lowest BCUT2D eigenvalue weighted by molar-refractivity contribution is -0.222. The fourth-order valence-electron chi connectivity index (χ4n) is 2.22. The molecule has 1 saturated heterocycles. The number of rotatable bonds is 4. The van der Waals surface area contributed by atoms with Gasteiger partial charge in [0.15, 0.2) is 5.57 Å². The van der Waals surface area contributed by atoms with Gasteiger partial charge in [0.25, 0.3) is 5.79 Å². The summed E-state index contributed by atoms with van der Waals surface area (Å²) >= 11 is 5.92. The fraction of sp³-hybridized carbons (Fsp3) is 0.158. The van der Waals surface area contributed by atoms with Crippen LogP contribution in [0.5, 0.6) is 11.5 Å². The van der Waals surface area contributed by atoms with Gasteiger partial charge < -0.3 is 19.5 Å². The van der Waals surface area contributed by atoms with Crippen LogP contribution in [-0.2, 0) is 19.1 Å². The SMILES string of the molecule is CC1(C)OC(=O)C(=CNc2ccc(Oc3cccc(Cl)c3)cc2)C(=O)O1. The second-order valence-electron chi connectivity index (χ2n) is 5.97. The highest BCUT2D eigenvalue weighted by molar-refractivity contribution is 6.30. The zero-order chi connectivity index (χ0) is 18.7. The summed E-state index contributed by atoms with van der Waals surface area (Å²) in [7, 11) is 0. The summed E-state index contributed by atoms with van der Waals surface area (Å²) in [6.07, 6.45) is 1.26. The molecule has 1 heterocycles. The first kappa shape index (κ1) is 17.8. The quantitative estimate of drug-likeness (QED) is 0.490. The zero-order valence-corrected chi connectivity index (χ0v) is 14.9. The third kappa shape index (κ3) is 4.34. The Bertz CT molecular complexity index is 852. The van der Waals surface area contributed by atoms with Crippen molar-refractivity contribution in [3.8, 4) is 11.5 Å². The van der Waals surface area contributed by atoms with Crippen LogP contribution in [0.25, 0.3) is 0 Å². The van der Waals surface area contributed by atoms with Crippen molar-refractivity contribution in [2.75, 3.05) is 5.32 Å². The summed E-state index contributed by atoms with van der Waals surface area (Å²) in [5.74, 6) is -1.50. The first-order valence-electron chi connectivity index (χ1n) is 7.79. The number of esters is 2. The van der Waals surface area contributed by atoms with Gasteiger partial charge in [0, 0.05) is 30.8 Å². The highest BCUT2D eigenvalue weighted by Crippen LogP contribution is 2.26. The summed E-state index contributed by atoms with van der Waals surface area (Å²) in [4.78, 5) is 23.7. The summed E-state index contributed by atoms with van der Waals surface area (Å²) in [6, 6.07) is 14.0. The van der Waals surface area contributed by atoms with Crippen molar-refractivity contribution in [1.82, 2.24) is 0 Å². The van der Waals surface area contributed by atoms with Gasteiger partial charge in [-0.25, -0.2) is 9.59 Å². The highest BCUT2D eigenvalue weighted by atomic mass is 35.5. The van der Waals surface area contributed by atoms with E-state index >= 15 is 0 Å². The maximum absolute atomic E-state index is 11.9. The largest absolute Gasteiger partial charge is 0.457 e. The van der Waals surface area contributed by atoms with Crippen LogP contribution >= 0.6 is 11.6 Å². The van der Waals surface area contributed by atoms with E-state index in [9.17, 15) is 9.59 Å². The Kier molecular flexibility index (Phi) is 4.86. The minimum absolute atomic E-state index is 0.205. The third-order valence-corrected chi connectivity index (χ3v) is 3.62. The average Bonchev–Trinajstić information content (AvgIpc) is 2.54. The van der Waals surface area contributed by atoms with Crippen LogP contribution in [0, 0.1) is 0 Å². The van der Waals surface area contributed by atoms with Crippen LogP contribution in [0.4, 0.5) is 5.69 Å². The summed E-state index contributed by atoms with van der Waals surface area (Å²) in [5, 5.41) is 3.45. The third-order valence-electron chi connectivity index (χ3n) is 3.39. The fourth-order valence-corrected chi connectivity index (χ4v) is 2.40. The second kappa shape index (κ2) is 7.09. The van der Waals surface area contributed by atoms with Gasteiger partial charge in [-0.1, -0.05) is 17.7 Å². The summed E-state index contributed by atoms with van der Waals surface area (Å²) in [5.41, 5.74) is 0.449. The minimum Gasteiger partial charge on any atom is -0.457 e. The molecule has 1 aliphatic rings. The van der Waals surface area contributed by atoms with Gasteiger partial charge in [0.2, 0.25) is 0 Å². The van der Waals surface area contributed by atoms with Crippen molar-refractivity contribution in [2.24, 2.45) is 0 Å². The predicted molar refractivity (Wildman–Crippen MR) is 95.9 cm³/mol. The lowest BCUT2D eigenvalue weighted by Crippen LogP contribution is -2.42. The van der Waals surface area contributed by atoms with Gasteiger partial charge in [-0.3, -0.25) is 0 Å². The van der Waals surface area contributed by atoms with Crippen molar-refractivity contribution >= 4 is 29.2 Å². The van der Waals surface area contributed by atoms with Crippen LogP contribution in [0.15, 0.2) is 60.3 Å². The molecule has 0 saturated carbocycles. The van der Waals surface area contributed by atoms with Gasteiger partial charge in [-0.15, -0.1) is 0 Å². The summed E-state index contributed by atoms with van der Waals surface area (Å²) in [6.45, 7) is 2.98. The number of hydrogen-bond acceptors (Lipinski definition) is 6. The van der Waals surface area contributed by atoms with Gasteiger partial charge in [-0.05, 0) is 42.5 Å². The molecule has 26 heavy (non-hydrogen) atoms. The Morgan fingerprint density at radius 3 is 2.27 bits per heavy atom. The molecule has 2 aromatic carbocycles. The average molecular weight is 374 g/mol. The number of halogens is 1. The molecule has 0 unspecified atom stereocenters. The molecule has 6 nitrogen and oxygen atoms in total. The van der Waals surface area contributed by atoms with E-state index < -0.39 is 17.7 Å². The molecule has 0 amide bonds. The standard InChI is InChI=1S/C19H16ClNO5/c1-19(2)25-17(22)16(18(23)26-19)11-21-13-6-8-14(9-7-13)24-15-5-3-4-12(20)10-15/h3-11,21H,1-2H3. The maximum Gasteiger partial charge on any atom is 0.350 e. The number of anilines is 1. The van der Waals surface area contributed by atoms with E-state index in [2.05, 4.69) is 5.32 Å². The smallest absolute Gasteiger partial charge is 0.350 e. The predicted octanol–water partition coefficient (Wildman–Crippen LogP) is 4.26. The second-order valence-corrected chi connectivity index (χ2v) is 6.40. The van der Waals surface area contributed by atoms with Crippen molar-refractivity contribution in [2.45, 2.75) is 19.6 Å². The Morgan fingerprint density at radius 1 is 1.00 bits per heavy atom. The van der Waals surface area contributed by atoms with Crippen molar-refractivity contribution in [3.63, 3.8) is 0 Å². The van der Waals surface area contributed by atoms with E-state index in [4.69, 9.17) is 25.8 Å². The first-order valence-corrected chi connectivity index (χ1v) is 8.17. The molecule has 1 aliphatic heterocycles. The highest BCUT2D eigenvalue weighted by Gasteiger charge is 2.38. The van der Waals surface area contributed by atoms with E-state index in [1.165, 1.54) is 20.0 Å². The lowest BCUT2D eigenvalue weighted by Gasteiger charge is -2.29. The first-order chi connectivity index (χ1) is 12.3. The zero-order valence-electron chi connectivity index (χ0n) is 14.1. The minimum atomic E-state index is -1.26. The van der Waals surface area contributed by atoms with E-state index in [0.29, 0.717) is 22.2 Å². The number of carbonyl (C=O) groups is 2. The number of ether oxygens (including phenoxy) is 3. The molecule has 0 spiro atoms. The van der Waals surface area contributed by atoms with Crippen LogP contribution in [-0.4, -0.2) is 17.7 Å². The van der Waals surface area contributed by atoms with Crippen LogP contribution in [0.3, 0.4) is 0 Å². The number of cyclic esters (lactones) is 2. The number of hydrogen-bond donors (Lipinski definition) is 1. The van der Waals surface area contributed by atoms with Crippen LogP contribution in [0.1, 0.15) is 13.8 Å². The van der Waals surface area contributed by atoms with Crippen molar-refractivity contribution in [1.29, 1.82) is 0 Å². The number of carbonyl (C=O) groups excluding carboxylic acids is 2. The monoisotopic (exact) mass is 373 g/mol. The van der Waals surface area contributed by atoms with Gasteiger partial charge in [0.1, 0.15) is 11.5 Å². The normalized spacial score (nSPS) is 15.7. The van der Waals surface area contributed by atoms with E-state index in [0.717, 1.165) is 0 Å². The number of benzene rings is 2. The Labute approximate surface area is 155 Å². The Balaban J connectivity index is 1.66. The van der Waals surface area contributed by atoms with Gasteiger partial charge in [-0.2, -0.15) is 0 Å². The van der Waals surface area contributed by atoms with Crippen LogP contribution < -0.4 is 10.1 Å². The van der Waals surface area contributed by atoms with E-state index in [-0.39, 0.29) is 5.57 Å². The van der Waals surface area contributed by atoms with Gasteiger partial charge >= 0.3 is 11.9 Å². The van der Waals surface area contributed by atoms with Crippen molar-refractivity contribution in [3.05, 3.63) is 65.3 Å². The van der Waals surface area contributed by atoms with E-state index in [1.54, 1.807) is 48.5 Å². The lowest BCUT2D eigenvalue weighted by atomic mass is 10.2. The molecule has 0 bridgehead atoms. The molecule has 0 radical (unpaired) electrons. The van der Waals surface area contributed by atoms with Crippen molar-refractivity contribution < 1.29 is 23.8 Å². The maximum atomic E-state index is 11.9. The molecule has 7 heteroatoms. The molecule has 1 N–H and O–H groups in total. The topological polar surface area (TPSA) is 73.9 Å². The molecule has 2 aromatic rings. The number of nitrogens with one attached hydrogen (secondary N) is 1. The Morgan fingerprint density at radius 2 is 1.65 bits per heavy atom. The molecule has 1 fully saturated rings. The van der Waals surface area contributed by atoms with Gasteiger partial charge in [0.05, 0.1) is 0 Å². The Hall–Kier alpha value is -2.99. The molecule has 0 aromatic heterocycles. The molecular weight excluding hydrogens is 358 g/mol. The molecule has 134 valence electrons. The molecule has 3 rings (SSSR count). The summed E-state index contributed by atoms with van der Waals surface area (Å²) < 4.78 is 15.7. The van der Waals surface area contributed by atoms with E-state index in [1.807, 2.05) is 0 Å². The molecular formula is C19H16ClNO5. The van der Waals surface area contributed by atoms with Crippen LogP contribution in [0.2, 0.25) is 5.02 Å². The molecule has 0 aliphatic carbocycles. The molecule has 0 atom stereocenters.